The molecule has 0 aliphatic heterocycles. The molecule has 0 spiro atoms. The Bertz CT molecular complexity index is 1900. The van der Waals surface area contributed by atoms with Crippen LogP contribution in [0.1, 0.15) is 37.3 Å². The van der Waals surface area contributed by atoms with E-state index in [1.54, 1.807) is 78.9 Å². The highest BCUT2D eigenvalue weighted by Gasteiger charge is 2.24. The zero-order valence-corrected chi connectivity index (χ0v) is 25.5. The van der Waals surface area contributed by atoms with E-state index >= 15 is 0 Å². The number of anilines is 2. The van der Waals surface area contributed by atoms with Crippen LogP contribution in [0, 0.1) is 0 Å². The number of furan rings is 1. The number of aromatic carboxylic acids is 1. The molecule has 46 heavy (non-hydrogen) atoms. The van der Waals surface area contributed by atoms with Crippen LogP contribution in [0.2, 0.25) is 5.02 Å². The SMILES string of the molecule is O=C(Nc1cccc(SC(C(=O)Nc2cc(C(=O)O)ccc2Cl)c2ccccc2)c1)/C(=C/c1ccco1)NC(=O)c1ccccc1. The van der Waals surface area contributed by atoms with Crippen LogP contribution in [0.15, 0.2) is 137 Å². The highest BCUT2D eigenvalue weighted by atomic mass is 35.5. The molecule has 0 radical (unpaired) electrons. The predicted molar refractivity (Wildman–Crippen MR) is 178 cm³/mol. The van der Waals surface area contributed by atoms with E-state index in [1.165, 1.54) is 42.3 Å². The Morgan fingerprint density at radius 2 is 1.52 bits per heavy atom. The van der Waals surface area contributed by atoms with Crippen molar-refractivity contribution in [2.24, 2.45) is 0 Å². The van der Waals surface area contributed by atoms with Crippen molar-refractivity contribution in [3.8, 4) is 0 Å². The summed E-state index contributed by atoms with van der Waals surface area (Å²) in [6.07, 6.45) is 2.88. The van der Waals surface area contributed by atoms with Crippen molar-refractivity contribution in [3.05, 3.63) is 155 Å². The molecule has 1 aromatic heterocycles. The topological polar surface area (TPSA) is 138 Å². The fraction of sp³-hybridized carbons (Fsp3) is 0.0286. The van der Waals surface area contributed by atoms with Gasteiger partial charge in [-0.3, -0.25) is 14.4 Å². The van der Waals surface area contributed by atoms with Gasteiger partial charge in [-0.25, -0.2) is 4.79 Å². The van der Waals surface area contributed by atoms with E-state index in [9.17, 15) is 24.3 Å². The van der Waals surface area contributed by atoms with E-state index in [0.29, 0.717) is 27.5 Å². The first-order valence-electron chi connectivity index (χ1n) is 13.8. The molecule has 1 atom stereocenters. The number of thioether (sulfide) groups is 1. The third-order valence-corrected chi connectivity index (χ3v) is 8.09. The Kier molecular flexibility index (Phi) is 10.3. The zero-order chi connectivity index (χ0) is 32.5. The van der Waals surface area contributed by atoms with Gasteiger partial charge < -0.3 is 25.5 Å². The molecular weight excluding hydrogens is 626 g/mol. The molecule has 11 heteroatoms. The maximum atomic E-state index is 13.6. The highest BCUT2D eigenvalue weighted by Crippen LogP contribution is 2.38. The number of carbonyl (C=O) groups is 4. The van der Waals surface area contributed by atoms with E-state index in [4.69, 9.17) is 16.0 Å². The summed E-state index contributed by atoms with van der Waals surface area (Å²) < 4.78 is 5.36. The Balaban J connectivity index is 1.37. The van der Waals surface area contributed by atoms with Crippen LogP contribution in [0.25, 0.3) is 6.08 Å². The molecular formula is C35H26ClN3O6S. The lowest BCUT2D eigenvalue weighted by Gasteiger charge is -2.18. The van der Waals surface area contributed by atoms with Gasteiger partial charge in [-0.15, -0.1) is 11.8 Å². The fourth-order valence-corrected chi connectivity index (χ4v) is 5.54. The van der Waals surface area contributed by atoms with Gasteiger partial charge in [0.25, 0.3) is 11.8 Å². The first-order valence-corrected chi connectivity index (χ1v) is 15.1. The first kappa shape index (κ1) is 31.8. The van der Waals surface area contributed by atoms with Gasteiger partial charge in [0.2, 0.25) is 5.91 Å². The second-order valence-corrected chi connectivity index (χ2v) is 11.4. The molecule has 0 saturated carbocycles. The number of halogens is 1. The summed E-state index contributed by atoms with van der Waals surface area (Å²) in [6.45, 7) is 0. The Hall–Kier alpha value is -5.58. The van der Waals surface area contributed by atoms with Crippen LogP contribution in [0.4, 0.5) is 11.4 Å². The summed E-state index contributed by atoms with van der Waals surface area (Å²) in [6, 6.07) is 31.8. The standard InChI is InChI=1S/C35H26ClN3O6S/c36-28-17-16-24(35(43)44)19-29(28)38-34(42)31(22-9-3-1-4-10-22)46-27-15-7-13-25(20-27)37-33(41)30(21-26-14-8-18-45-26)39-32(40)23-11-5-2-6-12-23/h1-21,31H,(H,37,41)(H,38,42)(H,39,40)(H,43,44)/b30-21-. The molecule has 0 saturated heterocycles. The van der Waals surface area contributed by atoms with Crippen LogP contribution >= 0.6 is 23.4 Å². The van der Waals surface area contributed by atoms with Gasteiger partial charge in [-0.05, 0) is 66.2 Å². The number of amides is 3. The number of rotatable bonds is 11. The average molecular weight is 652 g/mol. The van der Waals surface area contributed by atoms with Gasteiger partial charge in [0.05, 0.1) is 22.5 Å². The number of carbonyl (C=O) groups excluding carboxylic acids is 3. The van der Waals surface area contributed by atoms with Gasteiger partial charge in [0, 0.05) is 22.2 Å². The quantitative estimate of drug-likeness (QED) is 0.0856. The van der Waals surface area contributed by atoms with Gasteiger partial charge in [-0.1, -0.05) is 66.2 Å². The summed E-state index contributed by atoms with van der Waals surface area (Å²) in [7, 11) is 0. The van der Waals surface area contributed by atoms with Crippen LogP contribution in [0.5, 0.6) is 0 Å². The Labute approximate surface area is 273 Å². The smallest absolute Gasteiger partial charge is 0.335 e. The maximum Gasteiger partial charge on any atom is 0.335 e. The summed E-state index contributed by atoms with van der Waals surface area (Å²) in [5.74, 6) is -2.27. The van der Waals surface area contributed by atoms with Crippen molar-refractivity contribution < 1.29 is 28.7 Å². The van der Waals surface area contributed by atoms with Crippen LogP contribution in [0.3, 0.4) is 0 Å². The molecule has 9 nitrogen and oxygen atoms in total. The van der Waals surface area contributed by atoms with E-state index in [2.05, 4.69) is 16.0 Å². The first-order chi connectivity index (χ1) is 22.3. The Morgan fingerprint density at radius 3 is 2.22 bits per heavy atom. The van der Waals surface area contributed by atoms with E-state index in [0.717, 1.165) is 0 Å². The van der Waals surface area contributed by atoms with Crippen molar-refractivity contribution in [2.45, 2.75) is 10.1 Å². The molecule has 4 N–H and O–H groups in total. The van der Waals surface area contributed by atoms with Gasteiger partial charge in [-0.2, -0.15) is 0 Å². The highest BCUT2D eigenvalue weighted by molar-refractivity contribution is 8.00. The Morgan fingerprint density at radius 1 is 0.783 bits per heavy atom. The largest absolute Gasteiger partial charge is 0.478 e. The van der Waals surface area contributed by atoms with Crippen molar-refractivity contribution in [3.63, 3.8) is 0 Å². The van der Waals surface area contributed by atoms with Crippen LogP contribution in [-0.2, 0) is 9.59 Å². The summed E-state index contributed by atoms with van der Waals surface area (Å²) >= 11 is 7.49. The second-order valence-electron chi connectivity index (χ2n) is 9.77. The lowest BCUT2D eigenvalue weighted by atomic mass is 10.1. The van der Waals surface area contributed by atoms with Gasteiger partial charge >= 0.3 is 5.97 Å². The molecule has 0 fully saturated rings. The third kappa shape index (κ3) is 8.32. The normalized spacial score (nSPS) is 11.7. The zero-order valence-electron chi connectivity index (χ0n) is 24.0. The molecule has 3 amide bonds. The van der Waals surface area contributed by atoms with Crippen molar-refractivity contribution in [2.75, 3.05) is 10.6 Å². The lowest BCUT2D eigenvalue weighted by Crippen LogP contribution is -2.30. The van der Waals surface area contributed by atoms with Crippen molar-refractivity contribution in [1.82, 2.24) is 5.32 Å². The minimum absolute atomic E-state index is 0.0209. The lowest BCUT2D eigenvalue weighted by molar-refractivity contribution is -0.116. The maximum absolute atomic E-state index is 13.6. The fourth-order valence-electron chi connectivity index (χ4n) is 4.29. The summed E-state index contributed by atoms with van der Waals surface area (Å²) in [4.78, 5) is 52.0. The molecule has 5 aromatic rings. The van der Waals surface area contributed by atoms with E-state index in [1.807, 2.05) is 18.2 Å². The molecule has 0 bridgehead atoms. The molecule has 230 valence electrons. The molecule has 4 aromatic carbocycles. The van der Waals surface area contributed by atoms with Gasteiger partial charge in [0.15, 0.2) is 0 Å². The number of hydrogen-bond donors (Lipinski definition) is 4. The minimum atomic E-state index is -1.15. The van der Waals surface area contributed by atoms with Crippen LogP contribution in [-0.4, -0.2) is 28.8 Å². The van der Waals surface area contributed by atoms with Crippen molar-refractivity contribution >= 4 is 64.5 Å². The number of carboxylic acid groups (broad SMARTS) is 1. The second kappa shape index (κ2) is 14.9. The average Bonchev–Trinajstić information content (AvgIpc) is 3.58. The number of nitrogens with one attached hydrogen (secondary N) is 3. The van der Waals surface area contributed by atoms with Crippen LogP contribution < -0.4 is 16.0 Å². The monoisotopic (exact) mass is 651 g/mol. The molecule has 5 rings (SSSR count). The van der Waals surface area contributed by atoms with Crippen molar-refractivity contribution in [1.29, 1.82) is 0 Å². The summed E-state index contributed by atoms with van der Waals surface area (Å²) in [5.41, 5.74) is 1.59. The summed E-state index contributed by atoms with van der Waals surface area (Å²) in [5, 5.41) is 17.0. The molecule has 1 heterocycles. The van der Waals surface area contributed by atoms with E-state index < -0.39 is 28.9 Å². The minimum Gasteiger partial charge on any atom is -0.478 e. The third-order valence-electron chi connectivity index (χ3n) is 6.52. The molecule has 0 aliphatic carbocycles. The number of benzene rings is 4. The number of carboxylic acids is 1. The van der Waals surface area contributed by atoms with E-state index in [-0.39, 0.29) is 22.0 Å². The number of hydrogen-bond acceptors (Lipinski definition) is 6. The molecule has 0 aliphatic rings. The van der Waals surface area contributed by atoms with Gasteiger partial charge in [0.1, 0.15) is 16.7 Å². The molecule has 1 unspecified atom stereocenters. The predicted octanol–water partition coefficient (Wildman–Crippen LogP) is 7.51.